The van der Waals surface area contributed by atoms with Gasteiger partial charge >= 0.3 is 11.9 Å². The number of rotatable bonds is 4. The lowest BCUT2D eigenvalue weighted by molar-refractivity contribution is -0.158. The van der Waals surface area contributed by atoms with Crippen LogP contribution >= 0.6 is 11.8 Å². The summed E-state index contributed by atoms with van der Waals surface area (Å²) in [5.74, 6) is -0.911. The number of carbonyl (C=O) groups is 2. The largest absolute Gasteiger partial charge is 0.465 e. The normalized spacial score (nSPS) is 22.8. The molecule has 0 aromatic heterocycles. The molecule has 92 valence electrons. The van der Waals surface area contributed by atoms with E-state index in [1.807, 2.05) is 6.92 Å². The Morgan fingerprint density at radius 3 is 2.06 bits per heavy atom. The van der Waals surface area contributed by atoms with Crippen molar-refractivity contribution in [2.24, 2.45) is 0 Å². The van der Waals surface area contributed by atoms with Crippen LogP contribution < -0.4 is 0 Å². The molecule has 0 N–H and O–H groups in total. The van der Waals surface area contributed by atoms with Crippen LogP contribution in [0.15, 0.2) is 0 Å². The standard InChI is InChI=1S/C11H18O4S/c1-4-14-9(12)11(10(13)15-5-2)7-6-8(3)16-11/h8H,4-7H2,1-3H3. The van der Waals surface area contributed by atoms with E-state index in [0.29, 0.717) is 6.42 Å². The van der Waals surface area contributed by atoms with Gasteiger partial charge in [-0.05, 0) is 26.7 Å². The highest BCUT2D eigenvalue weighted by molar-refractivity contribution is 8.03. The molecule has 0 aromatic rings. The van der Waals surface area contributed by atoms with Crippen molar-refractivity contribution in [3.05, 3.63) is 0 Å². The molecule has 0 radical (unpaired) electrons. The topological polar surface area (TPSA) is 52.6 Å². The van der Waals surface area contributed by atoms with Gasteiger partial charge in [0.15, 0.2) is 0 Å². The molecule has 0 bridgehead atoms. The van der Waals surface area contributed by atoms with Gasteiger partial charge in [-0.15, -0.1) is 11.8 Å². The third-order valence-corrected chi connectivity index (χ3v) is 4.09. The average molecular weight is 246 g/mol. The Balaban J connectivity index is 2.85. The number of hydrogen-bond acceptors (Lipinski definition) is 5. The van der Waals surface area contributed by atoms with Gasteiger partial charge in [0, 0.05) is 5.25 Å². The molecule has 0 amide bonds. The van der Waals surface area contributed by atoms with Gasteiger partial charge in [0.05, 0.1) is 13.2 Å². The SMILES string of the molecule is CCOC(=O)C1(C(=O)OCC)CCC(C)S1. The zero-order valence-corrected chi connectivity index (χ0v) is 10.8. The first-order chi connectivity index (χ1) is 7.56. The smallest absolute Gasteiger partial charge is 0.333 e. The summed E-state index contributed by atoms with van der Waals surface area (Å²) in [6.07, 6.45) is 1.35. The first-order valence-corrected chi connectivity index (χ1v) is 6.47. The summed E-state index contributed by atoms with van der Waals surface area (Å²) < 4.78 is 8.85. The van der Waals surface area contributed by atoms with Crippen LogP contribution in [-0.4, -0.2) is 35.1 Å². The molecule has 16 heavy (non-hydrogen) atoms. The maximum Gasteiger partial charge on any atom is 0.333 e. The van der Waals surface area contributed by atoms with E-state index in [1.165, 1.54) is 11.8 Å². The van der Waals surface area contributed by atoms with E-state index in [2.05, 4.69) is 0 Å². The van der Waals surface area contributed by atoms with Crippen molar-refractivity contribution >= 4 is 23.7 Å². The molecule has 0 spiro atoms. The average Bonchev–Trinajstić information content (AvgIpc) is 2.63. The molecule has 0 aromatic carbocycles. The lowest BCUT2D eigenvalue weighted by Gasteiger charge is -2.23. The number of hydrogen-bond donors (Lipinski definition) is 0. The molecule has 1 unspecified atom stereocenters. The summed E-state index contributed by atoms with van der Waals surface area (Å²) in [6.45, 7) is 6.05. The Bertz CT molecular complexity index is 259. The number of carbonyl (C=O) groups excluding carboxylic acids is 2. The monoisotopic (exact) mass is 246 g/mol. The molecule has 0 aliphatic carbocycles. The molecular weight excluding hydrogens is 228 g/mol. The molecule has 1 fully saturated rings. The second-order valence-corrected chi connectivity index (χ2v) is 5.47. The Morgan fingerprint density at radius 2 is 1.75 bits per heavy atom. The first kappa shape index (κ1) is 13.4. The van der Waals surface area contributed by atoms with Crippen LogP contribution in [0.25, 0.3) is 0 Å². The third-order valence-electron chi connectivity index (χ3n) is 2.52. The maximum absolute atomic E-state index is 11.9. The zero-order chi connectivity index (χ0) is 12.2. The molecule has 0 saturated carbocycles. The van der Waals surface area contributed by atoms with E-state index < -0.39 is 16.7 Å². The van der Waals surface area contributed by atoms with E-state index in [4.69, 9.17) is 9.47 Å². The van der Waals surface area contributed by atoms with E-state index in [0.717, 1.165) is 6.42 Å². The lowest BCUT2D eigenvalue weighted by atomic mass is 10.0. The van der Waals surface area contributed by atoms with Crippen molar-refractivity contribution in [2.45, 2.75) is 43.6 Å². The molecular formula is C11H18O4S. The summed E-state index contributed by atoms with van der Waals surface area (Å²) >= 11 is 1.36. The summed E-state index contributed by atoms with van der Waals surface area (Å²) in [4.78, 5) is 23.8. The van der Waals surface area contributed by atoms with Gasteiger partial charge in [-0.1, -0.05) is 6.92 Å². The Kier molecular flexibility index (Phi) is 4.65. The lowest BCUT2D eigenvalue weighted by Crippen LogP contribution is -2.44. The van der Waals surface area contributed by atoms with Crippen LogP contribution in [0.2, 0.25) is 0 Å². The van der Waals surface area contributed by atoms with Crippen LogP contribution in [0.5, 0.6) is 0 Å². The fourth-order valence-electron chi connectivity index (χ4n) is 1.75. The van der Waals surface area contributed by atoms with Gasteiger partial charge < -0.3 is 9.47 Å². The summed E-state index contributed by atoms with van der Waals surface area (Å²) in [6, 6.07) is 0. The zero-order valence-electron chi connectivity index (χ0n) is 9.95. The fraction of sp³-hybridized carbons (Fsp3) is 0.818. The quantitative estimate of drug-likeness (QED) is 0.559. The van der Waals surface area contributed by atoms with Crippen LogP contribution in [0, 0.1) is 0 Å². The van der Waals surface area contributed by atoms with Gasteiger partial charge in [0.25, 0.3) is 0 Å². The maximum atomic E-state index is 11.9. The second-order valence-electron chi connectivity index (χ2n) is 3.74. The highest BCUT2D eigenvalue weighted by Gasteiger charge is 2.53. The molecule has 1 atom stereocenters. The summed E-state index contributed by atoms with van der Waals surface area (Å²) in [5.41, 5.74) is 0. The number of esters is 2. The van der Waals surface area contributed by atoms with Gasteiger partial charge in [-0.3, -0.25) is 0 Å². The number of thioether (sulfide) groups is 1. The minimum absolute atomic E-state index is 0.286. The molecule has 1 saturated heterocycles. The predicted octanol–water partition coefficient (Wildman–Crippen LogP) is 1.77. The van der Waals surface area contributed by atoms with Crippen molar-refractivity contribution in [3.63, 3.8) is 0 Å². The van der Waals surface area contributed by atoms with E-state index in [-0.39, 0.29) is 18.5 Å². The van der Waals surface area contributed by atoms with Crippen LogP contribution in [0.4, 0.5) is 0 Å². The van der Waals surface area contributed by atoms with Crippen LogP contribution in [0.1, 0.15) is 33.6 Å². The van der Waals surface area contributed by atoms with Crippen molar-refractivity contribution in [1.82, 2.24) is 0 Å². The van der Waals surface area contributed by atoms with Crippen molar-refractivity contribution in [1.29, 1.82) is 0 Å². The predicted molar refractivity (Wildman–Crippen MR) is 62.3 cm³/mol. The van der Waals surface area contributed by atoms with Crippen LogP contribution in [0.3, 0.4) is 0 Å². The van der Waals surface area contributed by atoms with Crippen molar-refractivity contribution in [3.8, 4) is 0 Å². The van der Waals surface area contributed by atoms with Gasteiger partial charge in [-0.25, -0.2) is 9.59 Å². The fourth-order valence-corrected chi connectivity index (χ4v) is 3.22. The summed E-state index contributed by atoms with van der Waals surface area (Å²) in [7, 11) is 0. The highest BCUT2D eigenvalue weighted by atomic mass is 32.2. The minimum atomic E-state index is -1.12. The Morgan fingerprint density at radius 1 is 1.25 bits per heavy atom. The molecule has 4 nitrogen and oxygen atoms in total. The third kappa shape index (κ3) is 2.51. The van der Waals surface area contributed by atoms with E-state index in [9.17, 15) is 9.59 Å². The number of ether oxygens (including phenoxy) is 2. The molecule has 5 heteroatoms. The molecule has 1 rings (SSSR count). The molecule has 1 aliphatic heterocycles. The summed E-state index contributed by atoms with van der Waals surface area (Å²) in [5, 5.41) is 0.286. The Labute approximate surface area is 100 Å². The van der Waals surface area contributed by atoms with Crippen LogP contribution in [-0.2, 0) is 19.1 Å². The van der Waals surface area contributed by atoms with Crippen molar-refractivity contribution in [2.75, 3.05) is 13.2 Å². The minimum Gasteiger partial charge on any atom is -0.465 e. The highest BCUT2D eigenvalue weighted by Crippen LogP contribution is 2.45. The first-order valence-electron chi connectivity index (χ1n) is 5.59. The molecule has 1 heterocycles. The van der Waals surface area contributed by atoms with E-state index in [1.54, 1.807) is 13.8 Å². The van der Waals surface area contributed by atoms with Crippen molar-refractivity contribution < 1.29 is 19.1 Å². The second kappa shape index (κ2) is 5.57. The van der Waals surface area contributed by atoms with E-state index >= 15 is 0 Å². The van der Waals surface area contributed by atoms with Gasteiger partial charge in [0.1, 0.15) is 0 Å². The Hall–Kier alpha value is -0.710. The van der Waals surface area contributed by atoms with Gasteiger partial charge in [0.2, 0.25) is 4.75 Å². The molecule has 1 aliphatic rings. The van der Waals surface area contributed by atoms with Gasteiger partial charge in [-0.2, -0.15) is 0 Å².